The molecule has 4 heteroatoms. The van der Waals surface area contributed by atoms with Gasteiger partial charge in [0.25, 0.3) is 0 Å². The van der Waals surface area contributed by atoms with E-state index in [2.05, 4.69) is 33.0 Å². The smallest absolute Gasteiger partial charge is 0.0701 e. The van der Waals surface area contributed by atoms with Gasteiger partial charge in [-0.15, -0.1) is 11.3 Å². The third-order valence-electron chi connectivity index (χ3n) is 2.86. The van der Waals surface area contributed by atoms with Crippen LogP contribution in [0.1, 0.15) is 30.2 Å². The van der Waals surface area contributed by atoms with Crippen molar-refractivity contribution >= 4 is 27.3 Å². The highest BCUT2D eigenvalue weighted by Crippen LogP contribution is 2.27. The molecule has 1 aromatic heterocycles. The molecule has 15 heavy (non-hydrogen) atoms. The van der Waals surface area contributed by atoms with Crippen LogP contribution in [0.5, 0.6) is 0 Å². The van der Waals surface area contributed by atoms with Gasteiger partial charge < -0.3 is 10.6 Å². The van der Waals surface area contributed by atoms with Crippen molar-refractivity contribution in [2.75, 3.05) is 19.6 Å². The Morgan fingerprint density at radius 1 is 1.33 bits per heavy atom. The standard InChI is InChI=1S/C11H17BrN2S/c12-11-5-4-10(15-11)9(13)8-14-6-2-1-3-7-14/h4-5,9H,1-3,6-8,13H2. The Morgan fingerprint density at radius 3 is 2.67 bits per heavy atom. The first kappa shape index (κ1) is 11.6. The first-order valence-electron chi connectivity index (χ1n) is 5.49. The number of hydrogen-bond acceptors (Lipinski definition) is 3. The zero-order chi connectivity index (χ0) is 10.7. The number of thiophene rings is 1. The fourth-order valence-corrected chi connectivity index (χ4v) is 3.45. The molecule has 2 nitrogen and oxygen atoms in total. The third kappa shape index (κ3) is 3.28. The predicted octanol–water partition coefficient (Wildman–Crippen LogP) is 3.00. The number of rotatable bonds is 3. The zero-order valence-electron chi connectivity index (χ0n) is 8.79. The van der Waals surface area contributed by atoms with Crippen molar-refractivity contribution in [3.05, 3.63) is 20.8 Å². The quantitative estimate of drug-likeness (QED) is 0.927. The second-order valence-corrected chi connectivity index (χ2v) is 6.60. The highest BCUT2D eigenvalue weighted by Gasteiger charge is 2.15. The number of nitrogens with zero attached hydrogens (tertiary/aromatic N) is 1. The van der Waals surface area contributed by atoms with Crippen LogP contribution in [0.25, 0.3) is 0 Å². The Hall–Kier alpha value is 0.1000. The molecule has 0 radical (unpaired) electrons. The van der Waals surface area contributed by atoms with Crippen LogP contribution < -0.4 is 5.73 Å². The summed E-state index contributed by atoms with van der Waals surface area (Å²) in [5, 5.41) is 0. The monoisotopic (exact) mass is 288 g/mol. The number of likely N-dealkylation sites (tertiary alicyclic amines) is 1. The molecule has 0 aliphatic carbocycles. The number of nitrogens with two attached hydrogens (primary N) is 1. The van der Waals surface area contributed by atoms with Crippen LogP contribution in [0.3, 0.4) is 0 Å². The van der Waals surface area contributed by atoms with Crippen LogP contribution in [0, 0.1) is 0 Å². The van der Waals surface area contributed by atoms with Crippen molar-refractivity contribution in [1.29, 1.82) is 0 Å². The molecule has 0 saturated carbocycles. The minimum absolute atomic E-state index is 0.180. The van der Waals surface area contributed by atoms with E-state index >= 15 is 0 Å². The molecule has 1 aromatic rings. The molecule has 1 atom stereocenters. The van der Waals surface area contributed by atoms with Gasteiger partial charge in [-0.2, -0.15) is 0 Å². The molecule has 2 rings (SSSR count). The van der Waals surface area contributed by atoms with Crippen molar-refractivity contribution in [3.8, 4) is 0 Å². The summed E-state index contributed by atoms with van der Waals surface area (Å²) in [7, 11) is 0. The van der Waals surface area contributed by atoms with Gasteiger partial charge in [0.1, 0.15) is 0 Å². The Balaban J connectivity index is 1.88. The molecule has 1 unspecified atom stereocenters. The van der Waals surface area contributed by atoms with E-state index in [0.717, 1.165) is 6.54 Å². The molecular formula is C11H17BrN2S. The molecule has 0 bridgehead atoms. The summed E-state index contributed by atoms with van der Waals surface area (Å²) in [6.45, 7) is 3.45. The largest absolute Gasteiger partial charge is 0.322 e. The number of halogens is 1. The van der Waals surface area contributed by atoms with Crippen molar-refractivity contribution < 1.29 is 0 Å². The maximum Gasteiger partial charge on any atom is 0.0701 e. The second-order valence-electron chi connectivity index (χ2n) is 4.11. The number of hydrogen-bond donors (Lipinski definition) is 1. The van der Waals surface area contributed by atoms with Gasteiger partial charge in [-0.1, -0.05) is 6.42 Å². The molecule has 2 N–H and O–H groups in total. The number of piperidine rings is 1. The molecule has 84 valence electrons. The van der Waals surface area contributed by atoms with Crippen LogP contribution in [0.2, 0.25) is 0 Å². The molecule has 1 fully saturated rings. The van der Waals surface area contributed by atoms with Crippen molar-refractivity contribution in [2.24, 2.45) is 5.73 Å². The Bertz CT molecular complexity index is 307. The summed E-state index contributed by atoms with van der Waals surface area (Å²) in [4.78, 5) is 3.77. The molecule has 0 aromatic carbocycles. The minimum atomic E-state index is 0.180. The fourth-order valence-electron chi connectivity index (χ4n) is 2.04. The molecular weight excluding hydrogens is 272 g/mol. The average molecular weight is 289 g/mol. The Kier molecular flexibility index (Phi) is 4.20. The van der Waals surface area contributed by atoms with Gasteiger partial charge in [0.15, 0.2) is 0 Å². The van der Waals surface area contributed by atoms with Gasteiger partial charge in [-0.3, -0.25) is 0 Å². The van der Waals surface area contributed by atoms with Gasteiger partial charge in [0, 0.05) is 11.4 Å². The topological polar surface area (TPSA) is 29.3 Å². The van der Waals surface area contributed by atoms with Crippen molar-refractivity contribution in [2.45, 2.75) is 25.3 Å². The lowest BCUT2D eigenvalue weighted by atomic mass is 10.1. The Morgan fingerprint density at radius 2 is 2.07 bits per heavy atom. The molecule has 0 amide bonds. The van der Waals surface area contributed by atoms with Gasteiger partial charge in [-0.25, -0.2) is 0 Å². The summed E-state index contributed by atoms with van der Waals surface area (Å²) in [5.41, 5.74) is 6.19. The maximum absolute atomic E-state index is 6.19. The van der Waals surface area contributed by atoms with E-state index in [9.17, 15) is 0 Å². The van der Waals surface area contributed by atoms with E-state index < -0.39 is 0 Å². The SMILES string of the molecule is NC(CN1CCCCC1)c1ccc(Br)s1. The molecule has 1 aliphatic rings. The minimum Gasteiger partial charge on any atom is -0.322 e. The summed E-state index contributed by atoms with van der Waals surface area (Å²) in [5.74, 6) is 0. The highest BCUT2D eigenvalue weighted by molar-refractivity contribution is 9.11. The van der Waals surface area contributed by atoms with Crippen molar-refractivity contribution in [1.82, 2.24) is 4.90 Å². The van der Waals surface area contributed by atoms with E-state index in [4.69, 9.17) is 5.73 Å². The van der Waals surface area contributed by atoms with Gasteiger partial charge in [0.05, 0.1) is 9.83 Å². The molecule has 1 saturated heterocycles. The van der Waals surface area contributed by atoms with Gasteiger partial charge in [0.2, 0.25) is 0 Å². The summed E-state index contributed by atoms with van der Waals surface area (Å²) in [6, 6.07) is 4.39. The van der Waals surface area contributed by atoms with Crippen LogP contribution in [-0.4, -0.2) is 24.5 Å². The van der Waals surface area contributed by atoms with Crippen LogP contribution >= 0.6 is 27.3 Å². The van der Waals surface area contributed by atoms with Crippen LogP contribution in [-0.2, 0) is 0 Å². The second kappa shape index (κ2) is 5.43. The van der Waals surface area contributed by atoms with Gasteiger partial charge >= 0.3 is 0 Å². The van der Waals surface area contributed by atoms with Crippen LogP contribution in [0.15, 0.2) is 15.9 Å². The molecule has 1 aliphatic heterocycles. The van der Waals surface area contributed by atoms with E-state index in [1.807, 2.05) is 0 Å². The average Bonchev–Trinajstić information content (AvgIpc) is 2.66. The third-order valence-corrected chi connectivity index (χ3v) is 4.62. The summed E-state index contributed by atoms with van der Waals surface area (Å²) in [6.07, 6.45) is 4.05. The van der Waals surface area contributed by atoms with E-state index in [1.165, 1.54) is 41.0 Å². The lowest BCUT2D eigenvalue weighted by molar-refractivity contribution is 0.217. The lowest BCUT2D eigenvalue weighted by Crippen LogP contribution is -2.35. The van der Waals surface area contributed by atoms with Crippen LogP contribution in [0.4, 0.5) is 0 Å². The summed E-state index contributed by atoms with van der Waals surface area (Å²) >= 11 is 5.22. The first-order valence-corrected chi connectivity index (χ1v) is 7.10. The van der Waals surface area contributed by atoms with Gasteiger partial charge in [-0.05, 0) is 54.0 Å². The maximum atomic E-state index is 6.19. The highest BCUT2D eigenvalue weighted by atomic mass is 79.9. The zero-order valence-corrected chi connectivity index (χ0v) is 11.2. The normalized spacial score (nSPS) is 20.4. The van der Waals surface area contributed by atoms with Crippen molar-refractivity contribution in [3.63, 3.8) is 0 Å². The summed E-state index contributed by atoms with van der Waals surface area (Å²) < 4.78 is 1.17. The van der Waals surface area contributed by atoms with E-state index in [-0.39, 0.29) is 6.04 Å². The molecule has 0 spiro atoms. The predicted molar refractivity (Wildman–Crippen MR) is 69.2 cm³/mol. The Labute approximate surface area is 104 Å². The van der Waals surface area contributed by atoms with E-state index in [0.29, 0.717) is 0 Å². The first-order chi connectivity index (χ1) is 7.25. The fraction of sp³-hybridized carbons (Fsp3) is 0.636. The van der Waals surface area contributed by atoms with E-state index in [1.54, 1.807) is 11.3 Å². The molecule has 2 heterocycles. The lowest BCUT2D eigenvalue weighted by Gasteiger charge is -2.28.